The molecule has 3 heterocycles. The Kier molecular flexibility index (Phi) is 4.16. The normalized spacial score (nSPS) is 14.4. The van der Waals surface area contributed by atoms with Crippen LogP contribution in [0, 0.1) is 6.92 Å². The third kappa shape index (κ3) is 3.00. The van der Waals surface area contributed by atoms with E-state index in [1.54, 1.807) is 0 Å². The molecule has 2 aromatic carbocycles. The third-order valence-electron chi connectivity index (χ3n) is 6.18. The molecule has 4 aromatic rings. The molecule has 0 saturated heterocycles. The van der Waals surface area contributed by atoms with Crippen LogP contribution < -0.4 is 11.2 Å². The number of hydrogen-bond donors (Lipinski definition) is 0. The Hall–Kier alpha value is -3.14. The van der Waals surface area contributed by atoms with Crippen molar-refractivity contribution in [2.75, 3.05) is 0 Å². The molecule has 0 aliphatic carbocycles. The van der Waals surface area contributed by atoms with E-state index in [2.05, 4.69) is 25.1 Å². The smallest absolute Gasteiger partial charge is 0.336 e. The summed E-state index contributed by atoms with van der Waals surface area (Å²) in [6, 6.07) is 15.7. The predicted octanol–water partition coefficient (Wildman–Crippen LogP) is 4.71. The molecule has 4 heteroatoms. The van der Waals surface area contributed by atoms with Gasteiger partial charge in [0.15, 0.2) is 0 Å². The molecule has 0 saturated carbocycles. The molecular weight excluding hydrogens is 362 g/mol. The Balaban J connectivity index is 1.56. The molecule has 1 unspecified atom stereocenters. The summed E-state index contributed by atoms with van der Waals surface area (Å²) in [5.41, 5.74) is 6.23. The van der Waals surface area contributed by atoms with E-state index in [4.69, 9.17) is 4.42 Å². The van der Waals surface area contributed by atoms with Crippen molar-refractivity contribution in [3.05, 3.63) is 91.6 Å². The summed E-state index contributed by atoms with van der Waals surface area (Å²) < 4.78 is 7.22. The largest absolute Gasteiger partial charge is 0.423 e. The van der Waals surface area contributed by atoms with Crippen LogP contribution in [0.25, 0.3) is 21.9 Å². The van der Waals surface area contributed by atoms with E-state index >= 15 is 0 Å². The van der Waals surface area contributed by atoms with Crippen LogP contribution in [-0.4, -0.2) is 4.57 Å². The maximum absolute atomic E-state index is 12.6. The van der Waals surface area contributed by atoms with Crippen LogP contribution in [0.4, 0.5) is 0 Å². The summed E-state index contributed by atoms with van der Waals surface area (Å²) in [6.07, 6.45) is 2.94. The molecule has 0 N–H and O–H groups in total. The summed E-state index contributed by atoms with van der Waals surface area (Å²) in [5.74, 6) is 0.313. The summed E-state index contributed by atoms with van der Waals surface area (Å²) in [6.45, 7) is 4.93. The maximum Gasteiger partial charge on any atom is 0.336 e. The van der Waals surface area contributed by atoms with E-state index in [-0.39, 0.29) is 11.2 Å². The van der Waals surface area contributed by atoms with Crippen molar-refractivity contribution in [2.45, 2.75) is 45.6 Å². The fourth-order valence-corrected chi connectivity index (χ4v) is 4.68. The number of benzene rings is 2. The van der Waals surface area contributed by atoms with Crippen LogP contribution in [0.2, 0.25) is 0 Å². The summed E-state index contributed by atoms with van der Waals surface area (Å²) in [5, 5.41) is 2.10. The zero-order valence-electron chi connectivity index (χ0n) is 16.7. The van der Waals surface area contributed by atoms with Crippen molar-refractivity contribution in [2.24, 2.45) is 0 Å². The number of fused-ring (bicyclic) bond motifs is 1. The van der Waals surface area contributed by atoms with Gasteiger partial charge in [-0.3, -0.25) is 4.79 Å². The van der Waals surface area contributed by atoms with Gasteiger partial charge >= 0.3 is 5.63 Å². The van der Waals surface area contributed by atoms with Crippen LogP contribution in [0.1, 0.15) is 41.5 Å². The van der Waals surface area contributed by atoms with Gasteiger partial charge in [0.05, 0.1) is 5.52 Å². The minimum atomic E-state index is -0.324. The second-order valence-corrected chi connectivity index (χ2v) is 8.19. The van der Waals surface area contributed by atoms with Crippen LogP contribution >= 0.6 is 0 Å². The minimum Gasteiger partial charge on any atom is -0.423 e. The lowest BCUT2D eigenvalue weighted by atomic mass is 9.87. The van der Waals surface area contributed by atoms with Crippen molar-refractivity contribution in [1.82, 2.24) is 4.57 Å². The van der Waals surface area contributed by atoms with Gasteiger partial charge in [-0.1, -0.05) is 25.1 Å². The molecule has 0 amide bonds. The molecule has 0 spiro atoms. The number of hydrogen-bond acceptors (Lipinski definition) is 3. The average Bonchev–Trinajstić information content (AvgIpc) is 2.73. The Labute approximate surface area is 168 Å². The maximum atomic E-state index is 12.6. The third-order valence-corrected chi connectivity index (χ3v) is 6.18. The Morgan fingerprint density at radius 1 is 1.03 bits per heavy atom. The Morgan fingerprint density at radius 3 is 2.72 bits per heavy atom. The summed E-state index contributed by atoms with van der Waals surface area (Å²) in [4.78, 5) is 24.0. The quantitative estimate of drug-likeness (QED) is 0.480. The van der Waals surface area contributed by atoms with Crippen molar-refractivity contribution in [3.8, 4) is 0 Å². The van der Waals surface area contributed by atoms with Gasteiger partial charge in [0.1, 0.15) is 5.58 Å². The zero-order chi connectivity index (χ0) is 20.1. The lowest BCUT2D eigenvalue weighted by molar-refractivity contribution is 0.560. The number of pyridine rings is 1. The lowest BCUT2D eigenvalue weighted by Gasteiger charge is -2.24. The molecule has 0 radical (unpaired) electrons. The van der Waals surface area contributed by atoms with E-state index in [0.29, 0.717) is 11.5 Å². The van der Waals surface area contributed by atoms with E-state index < -0.39 is 0 Å². The van der Waals surface area contributed by atoms with E-state index in [9.17, 15) is 9.59 Å². The topological polar surface area (TPSA) is 52.2 Å². The van der Waals surface area contributed by atoms with Gasteiger partial charge in [0, 0.05) is 23.6 Å². The van der Waals surface area contributed by atoms with Crippen LogP contribution in [-0.2, 0) is 19.4 Å². The number of nitrogens with zero attached hydrogens (tertiary/aromatic N) is 1. The molecule has 29 heavy (non-hydrogen) atoms. The average molecular weight is 385 g/mol. The highest BCUT2D eigenvalue weighted by molar-refractivity contribution is 5.84. The Morgan fingerprint density at radius 2 is 1.86 bits per heavy atom. The molecule has 1 aliphatic heterocycles. The number of aromatic nitrogens is 1. The van der Waals surface area contributed by atoms with Crippen molar-refractivity contribution in [1.29, 1.82) is 0 Å². The van der Waals surface area contributed by atoms with E-state index in [1.165, 1.54) is 22.8 Å². The van der Waals surface area contributed by atoms with Gasteiger partial charge in [-0.2, -0.15) is 0 Å². The van der Waals surface area contributed by atoms with Crippen LogP contribution in [0.15, 0.2) is 62.5 Å². The Bertz CT molecular complexity index is 1380. The molecule has 1 atom stereocenters. The van der Waals surface area contributed by atoms with Crippen LogP contribution in [0.5, 0.6) is 0 Å². The molecular formula is C25H23NO3. The first-order chi connectivity index (χ1) is 14.0. The van der Waals surface area contributed by atoms with Gasteiger partial charge in [-0.25, -0.2) is 4.79 Å². The molecule has 0 fully saturated rings. The second kappa shape index (κ2) is 6.73. The van der Waals surface area contributed by atoms with Gasteiger partial charge in [0.2, 0.25) is 0 Å². The first kappa shape index (κ1) is 17.9. The van der Waals surface area contributed by atoms with Gasteiger partial charge in [-0.15, -0.1) is 0 Å². The SMILES string of the molecule is Cc1cc2ccc(CC(C)c3ccc4oc(=O)ccc4c3)c3c2n(c1=O)CCC3. The van der Waals surface area contributed by atoms with Crippen molar-refractivity contribution >= 4 is 21.9 Å². The van der Waals surface area contributed by atoms with Gasteiger partial charge in [-0.05, 0) is 78.4 Å². The fourth-order valence-electron chi connectivity index (χ4n) is 4.68. The summed E-state index contributed by atoms with van der Waals surface area (Å²) in [7, 11) is 0. The lowest BCUT2D eigenvalue weighted by Crippen LogP contribution is -2.26. The highest BCUT2D eigenvalue weighted by Crippen LogP contribution is 2.31. The van der Waals surface area contributed by atoms with Crippen molar-refractivity contribution < 1.29 is 4.42 Å². The fraction of sp³-hybridized carbons (Fsp3) is 0.280. The highest BCUT2D eigenvalue weighted by atomic mass is 16.4. The van der Waals surface area contributed by atoms with Gasteiger partial charge < -0.3 is 8.98 Å². The summed E-state index contributed by atoms with van der Waals surface area (Å²) >= 11 is 0. The van der Waals surface area contributed by atoms with Crippen molar-refractivity contribution in [3.63, 3.8) is 0 Å². The van der Waals surface area contributed by atoms with E-state index in [0.717, 1.165) is 47.7 Å². The molecule has 0 bridgehead atoms. The highest BCUT2D eigenvalue weighted by Gasteiger charge is 2.19. The van der Waals surface area contributed by atoms with Crippen LogP contribution in [0.3, 0.4) is 0 Å². The zero-order valence-corrected chi connectivity index (χ0v) is 16.7. The first-order valence-electron chi connectivity index (χ1n) is 10.2. The minimum absolute atomic E-state index is 0.139. The van der Waals surface area contributed by atoms with Gasteiger partial charge in [0.25, 0.3) is 5.56 Å². The standard InChI is InChI=1S/C25H23NO3/c1-15(17-7-9-22-19(14-17)8-10-23(27)29-22)12-18-5-6-20-13-16(2)25(28)26-11-3-4-21(18)24(20)26/h5-10,13-15H,3-4,11-12H2,1-2H3. The number of aryl methyl sites for hydroxylation is 3. The van der Waals surface area contributed by atoms with E-state index in [1.807, 2.05) is 35.8 Å². The molecule has 1 aliphatic rings. The molecule has 2 aromatic heterocycles. The molecule has 4 nitrogen and oxygen atoms in total. The predicted molar refractivity (Wildman–Crippen MR) is 116 cm³/mol. The molecule has 5 rings (SSSR count). The second-order valence-electron chi connectivity index (χ2n) is 8.19. The number of rotatable bonds is 3. The monoisotopic (exact) mass is 385 g/mol. The molecule has 146 valence electrons. The first-order valence-corrected chi connectivity index (χ1v) is 10.2.